The zero-order valence-corrected chi connectivity index (χ0v) is 28.2. The van der Waals surface area contributed by atoms with Gasteiger partial charge in [0, 0.05) is 19.4 Å². The normalized spacial score (nSPS) is 30.6. The van der Waals surface area contributed by atoms with E-state index in [9.17, 15) is 33.3 Å². The van der Waals surface area contributed by atoms with Crippen LogP contribution in [-0.4, -0.2) is 133 Å². The summed E-state index contributed by atoms with van der Waals surface area (Å²) in [5.74, 6) is -0.805. The van der Waals surface area contributed by atoms with Crippen molar-refractivity contribution in [3.8, 4) is 11.1 Å². The van der Waals surface area contributed by atoms with Gasteiger partial charge < -0.3 is 49.6 Å². The number of aliphatic hydroxyl groups excluding tert-OH is 3. The summed E-state index contributed by atoms with van der Waals surface area (Å²) in [7, 11) is -4.96. The van der Waals surface area contributed by atoms with Gasteiger partial charge in [-0.05, 0) is 29.2 Å². The Kier molecular flexibility index (Phi) is 12.9. The van der Waals surface area contributed by atoms with Crippen molar-refractivity contribution >= 4 is 22.4 Å². The lowest BCUT2D eigenvalue weighted by atomic mass is 9.95. The lowest BCUT2D eigenvalue weighted by Gasteiger charge is -2.47. The second-order valence-electron chi connectivity index (χ2n) is 12.0. The molecular weight excluding hydrogens is 704 g/mol. The molecule has 10 atom stereocenters. The van der Waals surface area contributed by atoms with Gasteiger partial charge in [-0.15, -0.1) is 0 Å². The van der Waals surface area contributed by atoms with Crippen LogP contribution in [0.3, 0.4) is 0 Å². The highest BCUT2D eigenvalue weighted by Gasteiger charge is 2.52. The van der Waals surface area contributed by atoms with Gasteiger partial charge in [0.2, 0.25) is 5.91 Å². The van der Waals surface area contributed by atoms with E-state index in [-0.39, 0.29) is 25.7 Å². The number of amides is 2. The fourth-order valence-corrected chi connectivity index (χ4v) is 6.63. The molecule has 0 saturated carbocycles. The van der Waals surface area contributed by atoms with Gasteiger partial charge in [-0.1, -0.05) is 53.6 Å². The number of carbonyl (C=O) groups excluding carboxylic acids is 2. The molecule has 2 amide bonds. The summed E-state index contributed by atoms with van der Waals surface area (Å²) in [5.41, 5.74) is 4.27. The molecule has 2 fully saturated rings. The largest absolute Gasteiger partial charge is 0.449 e. The van der Waals surface area contributed by atoms with Gasteiger partial charge in [0.1, 0.15) is 43.2 Å². The molecule has 0 aromatic heterocycles. The van der Waals surface area contributed by atoms with Crippen molar-refractivity contribution in [2.75, 3.05) is 26.4 Å². The van der Waals surface area contributed by atoms with E-state index in [1.165, 1.54) is 6.92 Å². The van der Waals surface area contributed by atoms with Crippen LogP contribution >= 0.6 is 0 Å². The Morgan fingerprint density at radius 3 is 2.14 bits per heavy atom. The maximum absolute atomic E-state index is 12.6. The van der Waals surface area contributed by atoms with Crippen molar-refractivity contribution in [2.45, 2.75) is 81.1 Å². The van der Waals surface area contributed by atoms with E-state index in [1.807, 2.05) is 48.5 Å². The second-order valence-corrected chi connectivity index (χ2v) is 13.1. The molecule has 2 aliphatic heterocycles. The van der Waals surface area contributed by atoms with Crippen LogP contribution in [0.5, 0.6) is 0 Å². The molecule has 51 heavy (non-hydrogen) atoms. The van der Waals surface area contributed by atoms with Crippen molar-refractivity contribution in [1.82, 2.24) is 10.6 Å². The Hall–Kier alpha value is -3.35. The van der Waals surface area contributed by atoms with Crippen LogP contribution in [-0.2, 0) is 53.0 Å². The molecule has 19 nitrogen and oxygen atoms in total. The van der Waals surface area contributed by atoms with Gasteiger partial charge in [0.25, 0.3) is 0 Å². The lowest BCUT2D eigenvalue weighted by molar-refractivity contribution is -0.532. The second kappa shape index (κ2) is 17.0. The molecule has 7 N–H and O–H groups in total. The molecule has 4 unspecified atom stereocenters. The van der Waals surface area contributed by atoms with Crippen molar-refractivity contribution in [1.29, 1.82) is 0 Å². The van der Waals surface area contributed by atoms with E-state index >= 15 is 0 Å². The molecule has 282 valence electrons. The number of hydrogen-bond acceptors (Lipinski definition) is 16. The molecule has 0 bridgehead atoms. The lowest BCUT2D eigenvalue weighted by Crippen LogP contribution is -2.67. The molecule has 5 rings (SSSR count). The van der Waals surface area contributed by atoms with Crippen LogP contribution in [0.2, 0.25) is 0 Å². The first kappa shape index (κ1) is 38.9. The Labute approximate surface area is 292 Å². The Morgan fingerprint density at radius 1 is 0.882 bits per heavy atom. The van der Waals surface area contributed by atoms with E-state index in [2.05, 4.69) is 19.9 Å². The smallest absolute Gasteiger partial charge is 0.407 e. The predicted molar refractivity (Wildman–Crippen MR) is 169 cm³/mol. The number of benzene rings is 2. The van der Waals surface area contributed by atoms with Crippen LogP contribution < -0.4 is 10.6 Å². The van der Waals surface area contributed by atoms with E-state index < -0.39 is 90.4 Å². The summed E-state index contributed by atoms with van der Waals surface area (Å²) >= 11 is 0. The number of carbonyl (C=O) groups is 2. The summed E-state index contributed by atoms with van der Waals surface area (Å²) < 4.78 is 63.7. The summed E-state index contributed by atoms with van der Waals surface area (Å²) in [6.45, 7) is 1.47. The first-order valence-electron chi connectivity index (χ1n) is 15.9. The van der Waals surface area contributed by atoms with Crippen molar-refractivity contribution < 1.29 is 80.9 Å². The minimum absolute atomic E-state index is 0.0603. The van der Waals surface area contributed by atoms with Crippen LogP contribution in [0.25, 0.3) is 11.1 Å². The molecule has 0 spiro atoms. The van der Waals surface area contributed by atoms with E-state index in [4.69, 9.17) is 38.4 Å². The topological polar surface area (TPSA) is 267 Å². The van der Waals surface area contributed by atoms with Crippen molar-refractivity contribution in [3.05, 3.63) is 59.7 Å². The van der Waals surface area contributed by atoms with Gasteiger partial charge in [-0.2, -0.15) is 13.3 Å². The first-order chi connectivity index (χ1) is 24.3. The summed E-state index contributed by atoms with van der Waals surface area (Å²) in [5, 5.41) is 50.1. The zero-order valence-electron chi connectivity index (χ0n) is 27.3. The maximum Gasteiger partial charge on any atom is 0.407 e. The number of alkyl carbamates (subject to hydrolysis) is 1. The predicted octanol–water partition coefficient (Wildman–Crippen LogP) is -0.407. The van der Waals surface area contributed by atoms with Gasteiger partial charge in [-0.3, -0.25) is 9.35 Å². The molecule has 2 aromatic carbocycles. The van der Waals surface area contributed by atoms with Crippen LogP contribution in [0.1, 0.15) is 30.9 Å². The standard InChI is InChI=1S/C31H40N2O17S/c1-15-27(48-29-23(33-16(2)34)25(36)24(35)22(47-29)14-45-51(40,41)42)26(37)28(49-50-39)30(46-15)43-12-11-32-31(38)44-13-21-19-9-5-3-7-17(19)18-8-4-6-10-20(18)21/h3-10,15,21-30,35-37,39H,11-14H2,1-2H3,(H,32,38)(H,33,34)(H,40,41,42)/t15?,22?,23?,24-,25-,26-,27+,28+,29-,30?/m1/s1. The van der Waals surface area contributed by atoms with Crippen LogP contribution in [0.15, 0.2) is 48.5 Å². The first-order valence-corrected chi connectivity index (χ1v) is 17.2. The summed E-state index contributed by atoms with van der Waals surface area (Å²) in [4.78, 5) is 29.2. The molecule has 2 aromatic rings. The Bertz CT molecular complexity index is 1570. The fourth-order valence-electron chi connectivity index (χ4n) is 6.33. The molecule has 1 aliphatic carbocycles. The average Bonchev–Trinajstić information content (AvgIpc) is 3.41. The van der Waals surface area contributed by atoms with Gasteiger partial charge in [0.05, 0.1) is 19.3 Å². The van der Waals surface area contributed by atoms with E-state index in [0.717, 1.165) is 29.2 Å². The molecule has 3 aliphatic rings. The number of nitrogens with one attached hydrogen (secondary N) is 2. The molecule has 0 radical (unpaired) electrons. The van der Waals surface area contributed by atoms with Gasteiger partial charge in [-0.25, -0.2) is 14.2 Å². The molecular formula is C31H40N2O17S. The molecule has 2 saturated heterocycles. The quantitative estimate of drug-likeness (QED) is 0.0561. The number of ether oxygens (including phenoxy) is 5. The number of hydrogen-bond donors (Lipinski definition) is 7. The average molecular weight is 745 g/mol. The summed E-state index contributed by atoms with van der Waals surface area (Å²) in [6.07, 6.45) is -14.7. The zero-order chi connectivity index (χ0) is 36.9. The van der Waals surface area contributed by atoms with Gasteiger partial charge in [0.15, 0.2) is 18.7 Å². The van der Waals surface area contributed by atoms with Gasteiger partial charge >= 0.3 is 16.5 Å². The highest BCUT2D eigenvalue weighted by molar-refractivity contribution is 7.80. The number of fused-ring (bicyclic) bond motifs is 3. The number of rotatable bonds is 14. The van der Waals surface area contributed by atoms with Crippen molar-refractivity contribution in [2.24, 2.45) is 0 Å². The minimum atomic E-state index is -4.96. The SMILES string of the molecule is CC(=O)NC1[C@@H](O[C@H]2C(C)OC(OCCNC(=O)OCC3c4ccccc4-c4ccccc43)[C@@H](OOO)[C@@H]2O)OC(COS(=O)(=O)O)[C@@H](O)[C@@H]1O. The Balaban J connectivity index is 1.15. The third kappa shape index (κ3) is 9.37. The molecule has 20 heteroatoms. The monoisotopic (exact) mass is 744 g/mol. The third-order valence-corrected chi connectivity index (χ3v) is 9.08. The van der Waals surface area contributed by atoms with Crippen molar-refractivity contribution in [3.63, 3.8) is 0 Å². The fraction of sp³-hybridized carbons (Fsp3) is 0.548. The Morgan fingerprint density at radius 2 is 1.53 bits per heavy atom. The minimum Gasteiger partial charge on any atom is -0.449 e. The summed E-state index contributed by atoms with van der Waals surface area (Å²) in [6, 6.07) is 14.3. The molecule has 2 heterocycles. The highest BCUT2D eigenvalue weighted by Crippen LogP contribution is 2.44. The highest BCUT2D eigenvalue weighted by atomic mass is 32.3. The van der Waals surface area contributed by atoms with E-state index in [0.29, 0.717) is 0 Å². The van der Waals surface area contributed by atoms with Crippen LogP contribution in [0, 0.1) is 0 Å². The van der Waals surface area contributed by atoms with Crippen LogP contribution in [0.4, 0.5) is 4.79 Å². The maximum atomic E-state index is 12.6. The third-order valence-electron chi connectivity index (χ3n) is 8.65. The number of aliphatic hydroxyl groups is 3. The van der Waals surface area contributed by atoms with E-state index in [1.54, 1.807) is 0 Å².